The van der Waals surface area contributed by atoms with Crippen molar-refractivity contribution in [1.82, 2.24) is 5.32 Å². The highest BCUT2D eigenvalue weighted by Crippen LogP contribution is 2.22. The van der Waals surface area contributed by atoms with Gasteiger partial charge >= 0.3 is 5.97 Å². The lowest BCUT2D eigenvalue weighted by molar-refractivity contribution is -0.139. The summed E-state index contributed by atoms with van der Waals surface area (Å²) in [5.41, 5.74) is 3.40. The van der Waals surface area contributed by atoms with Crippen molar-refractivity contribution in [3.63, 3.8) is 0 Å². The molecule has 0 aliphatic rings. The highest BCUT2D eigenvalue weighted by Gasteiger charge is 2.22. The van der Waals surface area contributed by atoms with Crippen LogP contribution in [0.1, 0.15) is 47.8 Å². The Labute approximate surface area is 189 Å². The van der Waals surface area contributed by atoms with Gasteiger partial charge in [0.05, 0.1) is 0 Å². The van der Waals surface area contributed by atoms with Crippen molar-refractivity contribution in [2.75, 3.05) is 0 Å². The minimum Gasteiger partial charge on any atom is -0.489 e. The zero-order chi connectivity index (χ0) is 23.1. The standard InChI is InChI=1S/C27H29NO4/c1-27(2,3)22-13-11-21(12-14-22)25(29)28-24(26(30)31)17-19-9-15-23(16-10-19)32-18-20-7-5-4-6-8-20/h4-16,24H,17-18H2,1-3H3,(H,28,29)(H,30,31)/t24-/m1/s1. The summed E-state index contributed by atoms with van der Waals surface area (Å²) in [6, 6.07) is 23.4. The number of nitrogens with one attached hydrogen (secondary N) is 1. The first-order valence-electron chi connectivity index (χ1n) is 10.6. The summed E-state index contributed by atoms with van der Waals surface area (Å²) < 4.78 is 5.77. The van der Waals surface area contributed by atoms with E-state index in [1.165, 1.54) is 0 Å². The summed E-state index contributed by atoms with van der Waals surface area (Å²) in [5.74, 6) is -0.776. The number of aliphatic carboxylic acids is 1. The molecule has 0 spiro atoms. The number of carboxylic acids is 1. The van der Waals surface area contributed by atoms with Gasteiger partial charge < -0.3 is 15.2 Å². The van der Waals surface area contributed by atoms with E-state index in [0.717, 1.165) is 16.7 Å². The van der Waals surface area contributed by atoms with Gasteiger partial charge in [0.15, 0.2) is 0 Å². The molecular formula is C27H29NO4. The fourth-order valence-electron chi connectivity index (χ4n) is 3.26. The van der Waals surface area contributed by atoms with Gasteiger partial charge in [-0.05, 0) is 46.4 Å². The maximum atomic E-state index is 12.6. The second-order valence-corrected chi connectivity index (χ2v) is 8.81. The molecule has 0 aliphatic carbocycles. The van der Waals surface area contributed by atoms with Crippen LogP contribution in [0, 0.1) is 0 Å². The number of carbonyl (C=O) groups is 2. The molecule has 0 heterocycles. The summed E-state index contributed by atoms with van der Waals surface area (Å²) in [7, 11) is 0. The number of hydrogen-bond acceptors (Lipinski definition) is 3. The van der Waals surface area contributed by atoms with Crippen LogP contribution in [0.2, 0.25) is 0 Å². The van der Waals surface area contributed by atoms with E-state index in [2.05, 4.69) is 26.1 Å². The molecule has 32 heavy (non-hydrogen) atoms. The molecule has 0 saturated carbocycles. The Balaban J connectivity index is 1.60. The van der Waals surface area contributed by atoms with Crippen LogP contribution in [0.3, 0.4) is 0 Å². The van der Waals surface area contributed by atoms with Gasteiger partial charge in [0.25, 0.3) is 5.91 Å². The molecule has 3 aromatic rings. The van der Waals surface area contributed by atoms with Crippen LogP contribution in [0.4, 0.5) is 0 Å². The quantitative estimate of drug-likeness (QED) is 0.527. The van der Waals surface area contributed by atoms with E-state index < -0.39 is 17.9 Å². The van der Waals surface area contributed by atoms with Crippen LogP contribution >= 0.6 is 0 Å². The lowest BCUT2D eigenvalue weighted by atomic mass is 9.86. The van der Waals surface area contributed by atoms with Crippen LogP contribution in [0.5, 0.6) is 5.75 Å². The number of carboxylic acid groups (broad SMARTS) is 1. The minimum atomic E-state index is -1.07. The van der Waals surface area contributed by atoms with Gasteiger partial charge in [0.2, 0.25) is 0 Å². The Bertz CT molecular complexity index is 1040. The SMILES string of the molecule is CC(C)(C)c1ccc(C(=O)N[C@H](Cc2ccc(OCc3ccccc3)cc2)C(=O)O)cc1. The largest absolute Gasteiger partial charge is 0.489 e. The van der Waals surface area contributed by atoms with Crippen molar-refractivity contribution >= 4 is 11.9 Å². The number of ether oxygens (including phenoxy) is 1. The Morgan fingerprint density at radius 1 is 0.875 bits per heavy atom. The molecule has 0 fully saturated rings. The van der Waals surface area contributed by atoms with Crippen molar-refractivity contribution in [2.45, 2.75) is 45.3 Å². The average Bonchev–Trinajstić information content (AvgIpc) is 2.78. The average molecular weight is 432 g/mol. The molecule has 0 radical (unpaired) electrons. The number of benzene rings is 3. The van der Waals surface area contributed by atoms with E-state index >= 15 is 0 Å². The first-order valence-corrected chi connectivity index (χ1v) is 10.6. The fraction of sp³-hybridized carbons (Fsp3) is 0.259. The molecule has 3 aromatic carbocycles. The van der Waals surface area contributed by atoms with Crippen molar-refractivity contribution in [3.8, 4) is 5.75 Å². The molecule has 3 rings (SSSR count). The number of rotatable bonds is 8. The topological polar surface area (TPSA) is 75.6 Å². The Morgan fingerprint density at radius 3 is 2.06 bits per heavy atom. The molecule has 0 saturated heterocycles. The van der Waals surface area contributed by atoms with Gasteiger partial charge in [-0.25, -0.2) is 4.79 Å². The second-order valence-electron chi connectivity index (χ2n) is 8.81. The normalized spacial score (nSPS) is 12.1. The molecule has 5 heteroatoms. The van der Waals surface area contributed by atoms with Gasteiger partial charge in [-0.1, -0.05) is 75.4 Å². The summed E-state index contributed by atoms with van der Waals surface area (Å²) in [6.45, 7) is 6.75. The molecule has 166 valence electrons. The van der Waals surface area contributed by atoms with E-state index in [1.807, 2.05) is 66.7 Å². The van der Waals surface area contributed by atoms with E-state index in [9.17, 15) is 14.7 Å². The molecule has 1 atom stereocenters. The van der Waals surface area contributed by atoms with Gasteiger partial charge in [0, 0.05) is 12.0 Å². The first-order chi connectivity index (χ1) is 15.2. The van der Waals surface area contributed by atoms with Crippen LogP contribution in [0.25, 0.3) is 0 Å². The van der Waals surface area contributed by atoms with Gasteiger partial charge in [0.1, 0.15) is 18.4 Å². The van der Waals surface area contributed by atoms with Crippen LogP contribution in [-0.2, 0) is 23.2 Å². The molecule has 0 aliphatic heterocycles. The van der Waals surface area contributed by atoms with Crippen LogP contribution in [0.15, 0.2) is 78.9 Å². The molecule has 2 N–H and O–H groups in total. The molecule has 5 nitrogen and oxygen atoms in total. The molecule has 1 amide bonds. The predicted molar refractivity (Wildman–Crippen MR) is 125 cm³/mol. The highest BCUT2D eigenvalue weighted by atomic mass is 16.5. The molecular weight excluding hydrogens is 402 g/mol. The minimum absolute atomic E-state index is 0.0183. The summed E-state index contributed by atoms with van der Waals surface area (Å²) in [5, 5.41) is 12.2. The smallest absolute Gasteiger partial charge is 0.326 e. The zero-order valence-electron chi connectivity index (χ0n) is 18.7. The Kier molecular flexibility index (Phi) is 7.31. The fourth-order valence-corrected chi connectivity index (χ4v) is 3.26. The Morgan fingerprint density at radius 2 is 1.50 bits per heavy atom. The number of hydrogen-bond donors (Lipinski definition) is 2. The maximum Gasteiger partial charge on any atom is 0.326 e. The van der Waals surface area contributed by atoms with E-state index in [1.54, 1.807) is 12.1 Å². The van der Waals surface area contributed by atoms with Crippen LogP contribution < -0.4 is 10.1 Å². The second kappa shape index (κ2) is 10.1. The van der Waals surface area contributed by atoms with Gasteiger partial charge in [-0.15, -0.1) is 0 Å². The lowest BCUT2D eigenvalue weighted by Crippen LogP contribution is -2.42. The van der Waals surface area contributed by atoms with E-state index in [4.69, 9.17) is 4.74 Å². The van der Waals surface area contributed by atoms with Gasteiger partial charge in [-0.3, -0.25) is 4.79 Å². The molecule has 0 bridgehead atoms. The summed E-state index contributed by atoms with van der Waals surface area (Å²) in [6.07, 6.45) is 0.181. The molecule has 0 unspecified atom stereocenters. The maximum absolute atomic E-state index is 12.6. The third kappa shape index (κ3) is 6.45. The first kappa shape index (κ1) is 23.1. The Hall–Kier alpha value is -3.60. The van der Waals surface area contributed by atoms with Crippen molar-refractivity contribution in [3.05, 3.63) is 101 Å². The van der Waals surface area contributed by atoms with E-state index in [-0.39, 0.29) is 11.8 Å². The lowest BCUT2D eigenvalue weighted by Gasteiger charge is -2.19. The monoisotopic (exact) mass is 431 g/mol. The summed E-state index contributed by atoms with van der Waals surface area (Å²) in [4.78, 5) is 24.3. The van der Waals surface area contributed by atoms with E-state index in [0.29, 0.717) is 17.9 Å². The van der Waals surface area contributed by atoms with Crippen molar-refractivity contribution in [2.24, 2.45) is 0 Å². The highest BCUT2D eigenvalue weighted by molar-refractivity contribution is 5.96. The molecule has 0 aromatic heterocycles. The van der Waals surface area contributed by atoms with Crippen LogP contribution in [-0.4, -0.2) is 23.0 Å². The third-order valence-electron chi connectivity index (χ3n) is 5.23. The summed E-state index contributed by atoms with van der Waals surface area (Å²) >= 11 is 0. The number of carbonyl (C=O) groups excluding carboxylic acids is 1. The number of amides is 1. The van der Waals surface area contributed by atoms with Crippen molar-refractivity contribution < 1.29 is 19.4 Å². The third-order valence-corrected chi connectivity index (χ3v) is 5.23. The van der Waals surface area contributed by atoms with Crippen molar-refractivity contribution in [1.29, 1.82) is 0 Å². The zero-order valence-corrected chi connectivity index (χ0v) is 18.7. The van der Waals surface area contributed by atoms with Gasteiger partial charge in [-0.2, -0.15) is 0 Å². The predicted octanol–water partition coefficient (Wildman–Crippen LogP) is 4.99.